The van der Waals surface area contributed by atoms with Gasteiger partial charge >= 0.3 is 0 Å². The molecule has 2 fully saturated rings. The van der Waals surface area contributed by atoms with Gasteiger partial charge in [0.25, 0.3) is 5.91 Å². The van der Waals surface area contributed by atoms with Crippen LogP contribution in [0.15, 0.2) is 24.3 Å². The van der Waals surface area contributed by atoms with Crippen LogP contribution >= 0.6 is 0 Å². The van der Waals surface area contributed by atoms with Crippen LogP contribution in [-0.4, -0.2) is 49.6 Å². The van der Waals surface area contributed by atoms with Gasteiger partial charge in [-0.1, -0.05) is 12.1 Å². The first-order valence-corrected chi connectivity index (χ1v) is 9.18. The van der Waals surface area contributed by atoms with E-state index in [2.05, 4.69) is 27.7 Å². The average molecular weight is 331 g/mol. The number of hydrogen-bond donors (Lipinski definition) is 2. The van der Waals surface area contributed by atoms with E-state index in [1.54, 1.807) is 0 Å². The molecule has 1 aliphatic carbocycles. The largest absolute Gasteiger partial charge is 0.484 e. The van der Waals surface area contributed by atoms with Crippen molar-refractivity contribution in [1.29, 1.82) is 0 Å². The van der Waals surface area contributed by atoms with Crippen molar-refractivity contribution in [2.45, 2.75) is 38.8 Å². The Morgan fingerprint density at radius 3 is 2.75 bits per heavy atom. The van der Waals surface area contributed by atoms with Crippen molar-refractivity contribution in [3.05, 3.63) is 29.8 Å². The molecule has 1 saturated heterocycles. The van der Waals surface area contributed by atoms with E-state index in [1.165, 1.54) is 37.9 Å². The molecule has 1 saturated carbocycles. The molecule has 132 valence electrons. The molecule has 1 aliphatic heterocycles. The van der Waals surface area contributed by atoms with Gasteiger partial charge in [-0.05, 0) is 62.9 Å². The molecule has 0 aromatic heterocycles. The van der Waals surface area contributed by atoms with Gasteiger partial charge in [0.15, 0.2) is 6.61 Å². The maximum absolute atomic E-state index is 11.4. The van der Waals surface area contributed by atoms with Crippen LogP contribution in [-0.2, 0) is 11.3 Å². The zero-order chi connectivity index (χ0) is 16.8. The molecule has 3 rings (SSSR count). The number of rotatable bonds is 9. The lowest BCUT2D eigenvalue weighted by atomic mass is 10.1. The van der Waals surface area contributed by atoms with Gasteiger partial charge in [-0.15, -0.1) is 0 Å². The molecule has 0 bridgehead atoms. The number of nitrogens with one attached hydrogen (secondary N) is 2. The van der Waals surface area contributed by atoms with E-state index in [0.29, 0.717) is 6.54 Å². The Hall–Kier alpha value is -1.59. The zero-order valence-electron chi connectivity index (χ0n) is 14.6. The van der Waals surface area contributed by atoms with E-state index < -0.39 is 0 Å². The van der Waals surface area contributed by atoms with Crippen LogP contribution in [0.5, 0.6) is 5.75 Å². The van der Waals surface area contributed by atoms with Crippen molar-refractivity contribution in [3.63, 3.8) is 0 Å². The fourth-order valence-corrected chi connectivity index (χ4v) is 3.32. The summed E-state index contributed by atoms with van der Waals surface area (Å²) in [5, 5.41) is 6.30. The summed E-state index contributed by atoms with van der Waals surface area (Å²) in [4.78, 5) is 14.0. The molecule has 1 aromatic carbocycles. The highest BCUT2D eigenvalue weighted by atomic mass is 16.5. The third kappa shape index (κ3) is 5.21. The topological polar surface area (TPSA) is 53.6 Å². The zero-order valence-corrected chi connectivity index (χ0v) is 14.6. The number of likely N-dealkylation sites (tertiary alicyclic amines) is 1. The molecule has 5 heteroatoms. The summed E-state index contributed by atoms with van der Waals surface area (Å²) in [6.45, 7) is 7.14. The molecule has 2 aliphatic rings. The fraction of sp³-hybridized carbons (Fsp3) is 0.632. The van der Waals surface area contributed by atoms with E-state index in [-0.39, 0.29) is 12.5 Å². The lowest BCUT2D eigenvalue weighted by molar-refractivity contribution is -0.122. The van der Waals surface area contributed by atoms with Crippen molar-refractivity contribution >= 4 is 5.91 Å². The summed E-state index contributed by atoms with van der Waals surface area (Å²) >= 11 is 0. The molecule has 0 spiro atoms. The van der Waals surface area contributed by atoms with Crippen LogP contribution in [0.1, 0.15) is 31.7 Å². The molecule has 24 heavy (non-hydrogen) atoms. The van der Waals surface area contributed by atoms with Crippen molar-refractivity contribution in [1.82, 2.24) is 15.5 Å². The predicted octanol–water partition coefficient (Wildman–Crippen LogP) is 1.78. The molecular formula is C19H29N3O2. The number of likely N-dealkylation sites (N-methyl/N-ethyl adjacent to an activating group) is 1. The summed E-state index contributed by atoms with van der Waals surface area (Å²) in [5.74, 6) is 1.45. The molecule has 1 atom stereocenters. The number of benzene rings is 1. The van der Waals surface area contributed by atoms with Gasteiger partial charge in [0.05, 0.1) is 0 Å². The first kappa shape index (κ1) is 17.2. The van der Waals surface area contributed by atoms with Gasteiger partial charge in [0, 0.05) is 25.7 Å². The van der Waals surface area contributed by atoms with Crippen molar-refractivity contribution in [3.8, 4) is 5.75 Å². The molecule has 0 radical (unpaired) electrons. The molecule has 1 heterocycles. The van der Waals surface area contributed by atoms with Crippen LogP contribution in [0.3, 0.4) is 0 Å². The summed E-state index contributed by atoms with van der Waals surface area (Å²) in [6, 6.07) is 8.89. The van der Waals surface area contributed by atoms with E-state index in [1.807, 2.05) is 19.1 Å². The van der Waals surface area contributed by atoms with E-state index in [4.69, 9.17) is 4.74 Å². The average Bonchev–Trinajstić information content (AvgIpc) is 3.34. The molecule has 2 N–H and O–H groups in total. The van der Waals surface area contributed by atoms with Gasteiger partial charge in [0.2, 0.25) is 0 Å². The fourth-order valence-electron chi connectivity index (χ4n) is 3.32. The Morgan fingerprint density at radius 1 is 1.25 bits per heavy atom. The van der Waals surface area contributed by atoms with E-state index in [9.17, 15) is 4.79 Å². The molecular weight excluding hydrogens is 302 g/mol. The standard InChI is InChI=1S/C19H29N3O2/c1-2-21-19(23)14-24-18-7-3-15(4-8-18)11-20-12-16-9-10-22(13-16)17-5-6-17/h3-4,7-8,16-17,20H,2,5-6,9-14H2,1H3,(H,21,23)/t16-/m0/s1. The quantitative estimate of drug-likeness (QED) is 0.724. The Bertz CT molecular complexity index is 528. The van der Waals surface area contributed by atoms with Crippen LogP contribution in [0.4, 0.5) is 0 Å². The second-order valence-corrected chi connectivity index (χ2v) is 6.90. The maximum Gasteiger partial charge on any atom is 0.257 e. The van der Waals surface area contributed by atoms with Crippen molar-refractivity contribution < 1.29 is 9.53 Å². The van der Waals surface area contributed by atoms with Crippen molar-refractivity contribution in [2.75, 3.05) is 32.8 Å². The minimum absolute atomic E-state index is 0.0740. The highest BCUT2D eigenvalue weighted by molar-refractivity contribution is 5.77. The van der Waals surface area contributed by atoms with Gasteiger partial charge in [-0.25, -0.2) is 0 Å². The first-order chi connectivity index (χ1) is 11.7. The van der Waals surface area contributed by atoms with Crippen molar-refractivity contribution in [2.24, 2.45) is 5.92 Å². The third-order valence-electron chi connectivity index (χ3n) is 4.81. The first-order valence-electron chi connectivity index (χ1n) is 9.18. The van der Waals surface area contributed by atoms with Crippen LogP contribution in [0.25, 0.3) is 0 Å². The van der Waals surface area contributed by atoms with Crippen LogP contribution in [0.2, 0.25) is 0 Å². The van der Waals surface area contributed by atoms with Crippen LogP contribution < -0.4 is 15.4 Å². The minimum Gasteiger partial charge on any atom is -0.484 e. The number of hydrogen-bond acceptors (Lipinski definition) is 4. The second-order valence-electron chi connectivity index (χ2n) is 6.90. The molecule has 5 nitrogen and oxygen atoms in total. The molecule has 1 aromatic rings. The highest BCUT2D eigenvalue weighted by Crippen LogP contribution is 2.31. The SMILES string of the molecule is CCNC(=O)COc1ccc(CNC[C@@H]2CCN(C3CC3)C2)cc1. The normalized spacial score (nSPS) is 21.0. The Kier molecular flexibility index (Phi) is 6.10. The lowest BCUT2D eigenvalue weighted by Gasteiger charge is -2.15. The molecule has 0 unspecified atom stereocenters. The minimum atomic E-state index is -0.0833. The Morgan fingerprint density at radius 2 is 2.04 bits per heavy atom. The maximum atomic E-state index is 11.4. The van der Waals surface area contributed by atoms with Gasteiger partial charge in [0.1, 0.15) is 5.75 Å². The Balaban J connectivity index is 1.33. The van der Waals surface area contributed by atoms with Crippen LogP contribution in [0, 0.1) is 5.92 Å². The number of nitrogens with zero attached hydrogens (tertiary/aromatic N) is 1. The van der Waals surface area contributed by atoms with Gasteiger partial charge in [-0.3, -0.25) is 4.79 Å². The summed E-state index contributed by atoms with van der Waals surface area (Å²) in [7, 11) is 0. The second kappa shape index (κ2) is 8.49. The number of carbonyl (C=O) groups is 1. The van der Waals surface area contributed by atoms with E-state index in [0.717, 1.165) is 30.8 Å². The highest BCUT2D eigenvalue weighted by Gasteiger charge is 2.33. The smallest absolute Gasteiger partial charge is 0.257 e. The number of carbonyl (C=O) groups excluding carboxylic acids is 1. The number of amides is 1. The summed E-state index contributed by atoms with van der Waals surface area (Å²) in [6.07, 6.45) is 4.15. The third-order valence-corrected chi connectivity index (χ3v) is 4.81. The monoisotopic (exact) mass is 331 g/mol. The number of ether oxygens (including phenoxy) is 1. The van der Waals surface area contributed by atoms with E-state index >= 15 is 0 Å². The molecule has 1 amide bonds. The summed E-state index contributed by atoms with van der Waals surface area (Å²) in [5.41, 5.74) is 1.25. The Labute approximate surface area is 144 Å². The summed E-state index contributed by atoms with van der Waals surface area (Å²) < 4.78 is 5.46. The van der Waals surface area contributed by atoms with Gasteiger partial charge < -0.3 is 20.3 Å². The van der Waals surface area contributed by atoms with Gasteiger partial charge in [-0.2, -0.15) is 0 Å². The predicted molar refractivity (Wildman–Crippen MR) is 95.0 cm³/mol. The lowest BCUT2D eigenvalue weighted by Crippen LogP contribution is -2.28.